The Kier molecular flexibility index (Phi) is 7.60. The third-order valence-corrected chi connectivity index (χ3v) is 8.36. The molecule has 0 bridgehead atoms. The number of amides is 2. The number of nitrogens with one attached hydrogen (secondary N) is 2. The van der Waals surface area contributed by atoms with Gasteiger partial charge in [-0.1, -0.05) is 37.5 Å². The van der Waals surface area contributed by atoms with Crippen LogP contribution < -0.4 is 10.6 Å². The van der Waals surface area contributed by atoms with E-state index in [1.165, 1.54) is 17.4 Å². The number of benzene rings is 1. The molecule has 37 heavy (non-hydrogen) atoms. The van der Waals surface area contributed by atoms with Gasteiger partial charge in [-0.3, -0.25) is 9.59 Å². The first kappa shape index (κ1) is 25.5. The van der Waals surface area contributed by atoms with E-state index >= 15 is 0 Å². The molecule has 7 nitrogen and oxygen atoms in total. The van der Waals surface area contributed by atoms with E-state index in [9.17, 15) is 9.59 Å². The Morgan fingerprint density at radius 3 is 2.62 bits per heavy atom. The summed E-state index contributed by atoms with van der Waals surface area (Å²) in [6.07, 6.45) is 11.3. The van der Waals surface area contributed by atoms with E-state index in [1.54, 1.807) is 7.05 Å². The van der Waals surface area contributed by atoms with E-state index in [2.05, 4.69) is 57.6 Å². The van der Waals surface area contributed by atoms with Gasteiger partial charge in [-0.05, 0) is 81.8 Å². The normalized spacial score (nSPS) is 20.2. The van der Waals surface area contributed by atoms with Crippen LogP contribution in [-0.2, 0) is 9.59 Å². The molecule has 5 rings (SSSR count). The quantitative estimate of drug-likeness (QED) is 0.493. The number of nitrogens with zero attached hydrogens (tertiary/aromatic N) is 3. The van der Waals surface area contributed by atoms with E-state index in [0.717, 1.165) is 55.4 Å². The van der Waals surface area contributed by atoms with E-state index in [1.807, 2.05) is 30.2 Å². The van der Waals surface area contributed by atoms with Crippen LogP contribution in [0.15, 0.2) is 48.8 Å². The molecule has 1 aliphatic carbocycles. The van der Waals surface area contributed by atoms with Gasteiger partial charge in [0.25, 0.3) is 0 Å². The van der Waals surface area contributed by atoms with E-state index in [0.29, 0.717) is 6.54 Å². The van der Waals surface area contributed by atoms with Gasteiger partial charge < -0.3 is 20.1 Å². The van der Waals surface area contributed by atoms with Crippen LogP contribution in [0, 0.1) is 12.8 Å². The Bertz CT molecular complexity index is 1260. The molecular weight excluding hydrogens is 462 g/mol. The second-order valence-electron chi connectivity index (χ2n) is 10.7. The Morgan fingerprint density at radius 1 is 1.05 bits per heavy atom. The monoisotopic (exact) mass is 501 g/mol. The first-order valence-corrected chi connectivity index (χ1v) is 13.8. The predicted octanol–water partition coefficient (Wildman–Crippen LogP) is 4.67. The Labute approximate surface area is 219 Å². The lowest BCUT2D eigenvalue weighted by atomic mass is 9.83. The van der Waals surface area contributed by atoms with Crippen LogP contribution >= 0.6 is 0 Å². The molecule has 1 saturated carbocycles. The summed E-state index contributed by atoms with van der Waals surface area (Å²) in [5.74, 6) is 1.01. The molecule has 0 unspecified atom stereocenters. The minimum absolute atomic E-state index is 0.0121. The third-order valence-electron chi connectivity index (χ3n) is 8.36. The van der Waals surface area contributed by atoms with Gasteiger partial charge in [-0.25, -0.2) is 4.98 Å². The van der Waals surface area contributed by atoms with Crippen molar-refractivity contribution in [3.63, 3.8) is 0 Å². The molecule has 0 spiro atoms. The largest absolute Gasteiger partial charge is 0.343 e. The number of carbonyl (C=O) groups excluding carboxylic acids is 2. The van der Waals surface area contributed by atoms with Crippen LogP contribution in [0.4, 0.5) is 0 Å². The summed E-state index contributed by atoms with van der Waals surface area (Å²) in [6, 6.07) is 11.7. The molecular formula is C30H39N5O2. The Balaban J connectivity index is 1.43. The number of hydrogen-bond donors (Lipinski definition) is 2. The van der Waals surface area contributed by atoms with E-state index in [4.69, 9.17) is 0 Å². The van der Waals surface area contributed by atoms with Gasteiger partial charge in [0.2, 0.25) is 11.8 Å². The molecule has 1 aromatic carbocycles. The smallest absolute Gasteiger partial charge is 0.245 e. The topological polar surface area (TPSA) is 79.3 Å². The maximum Gasteiger partial charge on any atom is 0.245 e. The van der Waals surface area contributed by atoms with Crippen molar-refractivity contribution in [1.29, 1.82) is 0 Å². The minimum atomic E-state index is -0.471. The molecule has 2 amide bonds. The van der Waals surface area contributed by atoms with Crippen LogP contribution in [0.3, 0.4) is 0 Å². The summed E-state index contributed by atoms with van der Waals surface area (Å²) in [5, 5.41) is 7.36. The average molecular weight is 502 g/mol. The summed E-state index contributed by atoms with van der Waals surface area (Å²) in [5.41, 5.74) is 3.44. The van der Waals surface area contributed by atoms with Crippen molar-refractivity contribution < 1.29 is 9.59 Å². The Hall–Kier alpha value is -3.19. The first-order valence-electron chi connectivity index (χ1n) is 13.8. The molecule has 1 aliphatic heterocycles. The molecule has 3 aromatic rings. The van der Waals surface area contributed by atoms with E-state index in [-0.39, 0.29) is 29.8 Å². The average Bonchev–Trinajstić information content (AvgIpc) is 3.57. The molecule has 0 radical (unpaired) electrons. The van der Waals surface area contributed by atoms with Crippen molar-refractivity contribution >= 4 is 22.7 Å². The van der Waals surface area contributed by atoms with Crippen molar-refractivity contribution in [1.82, 2.24) is 25.1 Å². The van der Waals surface area contributed by atoms with Gasteiger partial charge in [-0.2, -0.15) is 0 Å². The fourth-order valence-electron chi connectivity index (χ4n) is 6.13. The Morgan fingerprint density at radius 2 is 1.84 bits per heavy atom. The highest BCUT2D eigenvalue weighted by Crippen LogP contribution is 2.36. The molecule has 3 atom stereocenters. The van der Waals surface area contributed by atoms with Gasteiger partial charge in [0, 0.05) is 24.3 Å². The summed E-state index contributed by atoms with van der Waals surface area (Å²) in [6.45, 7) is 4.67. The van der Waals surface area contributed by atoms with Crippen molar-refractivity contribution in [3.05, 3.63) is 59.9 Å². The SMILES string of the molecule is CN[C@@H](C)C(=O)N[C@H](C(=O)N1CCC[C@H]1c1ccnc(-n2cc(C)c3ccccc32)c1)C1CCCCC1. The van der Waals surface area contributed by atoms with Gasteiger partial charge in [0.15, 0.2) is 0 Å². The standard InChI is InChI=1S/C30H39N5O2/c1-20-19-35(26-13-8-7-12-24(20)26)27-18-23(15-16-32-27)25-14-9-17-34(25)30(37)28(22-10-5-4-6-11-22)33-29(36)21(2)31-3/h7-8,12-13,15-16,18-19,21-22,25,28,31H,4-6,9-11,14,17H2,1-3H3,(H,33,36)/t21-,25-,28-/m0/s1. The maximum absolute atomic E-state index is 14.1. The molecule has 3 heterocycles. The van der Waals surface area contributed by atoms with Crippen LogP contribution in [-0.4, -0.2) is 51.9 Å². The highest BCUT2D eigenvalue weighted by atomic mass is 16.2. The van der Waals surface area contributed by atoms with Gasteiger partial charge in [0.1, 0.15) is 11.9 Å². The number of likely N-dealkylation sites (tertiary alicyclic amines) is 1. The number of carbonyl (C=O) groups is 2. The molecule has 2 aromatic heterocycles. The van der Waals surface area contributed by atoms with Gasteiger partial charge in [-0.15, -0.1) is 0 Å². The maximum atomic E-state index is 14.1. The number of fused-ring (bicyclic) bond motifs is 1. The predicted molar refractivity (Wildman–Crippen MR) is 147 cm³/mol. The first-order chi connectivity index (χ1) is 18.0. The molecule has 196 valence electrons. The number of pyridine rings is 1. The fraction of sp³-hybridized carbons (Fsp3) is 0.500. The molecule has 2 aliphatic rings. The summed E-state index contributed by atoms with van der Waals surface area (Å²) in [4.78, 5) is 33.6. The number of rotatable bonds is 7. The number of aryl methyl sites for hydroxylation is 1. The third kappa shape index (κ3) is 5.14. The van der Waals surface area contributed by atoms with Gasteiger partial charge in [0.05, 0.1) is 17.6 Å². The summed E-state index contributed by atoms with van der Waals surface area (Å²) in [7, 11) is 1.77. The number of aromatic nitrogens is 2. The zero-order valence-electron chi connectivity index (χ0n) is 22.2. The van der Waals surface area contributed by atoms with Crippen LogP contribution in [0.5, 0.6) is 0 Å². The zero-order valence-corrected chi connectivity index (χ0v) is 22.2. The lowest BCUT2D eigenvalue weighted by Crippen LogP contribution is -2.55. The molecule has 7 heteroatoms. The van der Waals surface area contributed by atoms with Crippen molar-refractivity contribution in [2.45, 2.75) is 76.9 Å². The van der Waals surface area contributed by atoms with Crippen LogP contribution in [0.25, 0.3) is 16.7 Å². The van der Waals surface area contributed by atoms with Crippen molar-refractivity contribution in [2.24, 2.45) is 5.92 Å². The van der Waals surface area contributed by atoms with Crippen LogP contribution in [0.2, 0.25) is 0 Å². The second-order valence-corrected chi connectivity index (χ2v) is 10.7. The summed E-state index contributed by atoms with van der Waals surface area (Å²) >= 11 is 0. The number of likely N-dealkylation sites (N-methyl/N-ethyl adjacent to an activating group) is 1. The summed E-state index contributed by atoms with van der Waals surface area (Å²) < 4.78 is 2.14. The zero-order chi connectivity index (χ0) is 25.9. The van der Waals surface area contributed by atoms with Gasteiger partial charge >= 0.3 is 0 Å². The highest BCUT2D eigenvalue weighted by molar-refractivity contribution is 5.90. The van der Waals surface area contributed by atoms with Crippen molar-refractivity contribution in [2.75, 3.05) is 13.6 Å². The molecule has 2 fully saturated rings. The lowest BCUT2D eigenvalue weighted by molar-refractivity contribution is -0.139. The van der Waals surface area contributed by atoms with Crippen LogP contribution in [0.1, 0.15) is 69.0 Å². The number of para-hydroxylation sites is 1. The fourth-order valence-corrected chi connectivity index (χ4v) is 6.13. The number of hydrogen-bond acceptors (Lipinski definition) is 4. The highest BCUT2D eigenvalue weighted by Gasteiger charge is 2.39. The lowest BCUT2D eigenvalue weighted by Gasteiger charge is -2.35. The minimum Gasteiger partial charge on any atom is -0.343 e. The van der Waals surface area contributed by atoms with E-state index < -0.39 is 6.04 Å². The van der Waals surface area contributed by atoms with Crippen molar-refractivity contribution in [3.8, 4) is 5.82 Å². The molecule has 2 N–H and O–H groups in total. The second kappa shape index (κ2) is 11.1. The molecule has 1 saturated heterocycles.